The van der Waals surface area contributed by atoms with E-state index in [4.69, 9.17) is 15.2 Å². The number of rotatable bonds is 17. The first kappa shape index (κ1) is 41.8. The monoisotopic (exact) mass is 694 g/mol. The molecule has 0 fully saturated rings. The molecule has 0 saturated carbocycles. The third-order valence-corrected chi connectivity index (χ3v) is 7.97. The van der Waals surface area contributed by atoms with Crippen LogP contribution in [0.15, 0.2) is 48.5 Å². The molecule has 2 aromatic rings. The van der Waals surface area contributed by atoms with Crippen LogP contribution in [-0.2, 0) is 35.1 Å². The summed E-state index contributed by atoms with van der Waals surface area (Å²) in [6, 6.07) is 11.0. The summed E-state index contributed by atoms with van der Waals surface area (Å²) in [6.45, 7) is 16.3. The minimum atomic E-state index is -1.41. The van der Waals surface area contributed by atoms with Crippen LogP contribution in [0.25, 0.3) is 0 Å². The molecule has 0 saturated heterocycles. The van der Waals surface area contributed by atoms with Gasteiger partial charge in [0.05, 0.1) is 6.42 Å². The molecule has 50 heavy (non-hydrogen) atoms. The third kappa shape index (κ3) is 14.2. The molecule has 11 nitrogen and oxygen atoms in total. The van der Waals surface area contributed by atoms with Crippen LogP contribution < -0.4 is 16.4 Å². The van der Waals surface area contributed by atoms with Crippen molar-refractivity contribution in [2.45, 2.75) is 137 Å². The van der Waals surface area contributed by atoms with Gasteiger partial charge in [-0.3, -0.25) is 14.4 Å². The van der Waals surface area contributed by atoms with Crippen molar-refractivity contribution >= 4 is 29.8 Å². The van der Waals surface area contributed by atoms with E-state index in [1.807, 2.05) is 50.2 Å². The molecule has 0 aliphatic rings. The summed E-state index contributed by atoms with van der Waals surface area (Å²) in [4.78, 5) is 69.4. The van der Waals surface area contributed by atoms with Crippen molar-refractivity contribution in [2.24, 2.45) is 5.73 Å². The van der Waals surface area contributed by atoms with Crippen molar-refractivity contribution in [3.05, 3.63) is 70.8 Å². The van der Waals surface area contributed by atoms with Crippen LogP contribution >= 0.6 is 0 Å². The maximum Gasteiger partial charge on any atom is 0.408 e. The predicted octanol–water partition coefficient (Wildman–Crippen LogP) is 5.98. The molecule has 2 aromatic carbocycles. The highest BCUT2D eigenvalue weighted by atomic mass is 16.6. The Bertz CT molecular complexity index is 1450. The number of carbonyl (C=O) groups excluding carboxylic acids is 5. The molecule has 2 rings (SSSR count). The largest absolute Gasteiger partial charge is 0.458 e. The minimum Gasteiger partial charge on any atom is -0.458 e. The van der Waals surface area contributed by atoms with Gasteiger partial charge in [0.1, 0.15) is 29.3 Å². The predicted molar refractivity (Wildman–Crippen MR) is 194 cm³/mol. The highest BCUT2D eigenvalue weighted by Gasteiger charge is 2.39. The van der Waals surface area contributed by atoms with Crippen LogP contribution in [0.5, 0.6) is 0 Å². The lowest BCUT2D eigenvalue weighted by molar-refractivity contribution is -0.159. The Balaban J connectivity index is 2.70. The average molecular weight is 695 g/mol. The second-order valence-electron chi connectivity index (χ2n) is 14.8. The molecule has 4 amide bonds. The number of carbonyl (C=O) groups is 5. The summed E-state index contributed by atoms with van der Waals surface area (Å²) in [5.74, 6) is -2.72. The van der Waals surface area contributed by atoms with Gasteiger partial charge in [0, 0.05) is 13.0 Å². The number of nitrogens with zero attached hydrogens (tertiary/aromatic N) is 1. The topological polar surface area (TPSA) is 157 Å². The van der Waals surface area contributed by atoms with E-state index in [2.05, 4.69) is 17.6 Å². The molecule has 0 aliphatic heterocycles. The number of alkyl carbamates (subject to hydrolysis) is 1. The normalized spacial score (nSPS) is 13.4. The summed E-state index contributed by atoms with van der Waals surface area (Å²) in [7, 11) is 0. The number of unbranched alkanes of at least 4 members (excludes halogenated alkanes) is 4. The molecule has 3 unspecified atom stereocenters. The van der Waals surface area contributed by atoms with Crippen molar-refractivity contribution in [1.29, 1.82) is 0 Å². The van der Waals surface area contributed by atoms with Crippen LogP contribution in [0.4, 0.5) is 4.79 Å². The lowest BCUT2D eigenvalue weighted by atomic mass is 9.94. The van der Waals surface area contributed by atoms with E-state index in [1.165, 1.54) is 4.90 Å². The Kier molecular flexibility index (Phi) is 16.0. The number of hydrogen-bond acceptors (Lipinski definition) is 7. The Morgan fingerprint density at radius 1 is 0.780 bits per heavy atom. The van der Waals surface area contributed by atoms with Gasteiger partial charge in [0.25, 0.3) is 0 Å². The smallest absolute Gasteiger partial charge is 0.408 e. The maximum absolute atomic E-state index is 14.7. The molecule has 11 heteroatoms. The van der Waals surface area contributed by atoms with Gasteiger partial charge in [-0.15, -0.1) is 0 Å². The van der Waals surface area contributed by atoms with E-state index in [0.717, 1.165) is 42.4 Å². The lowest BCUT2D eigenvalue weighted by Gasteiger charge is -2.36. The number of esters is 1. The number of hydrogen-bond donors (Lipinski definition) is 3. The van der Waals surface area contributed by atoms with Crippen molar-refractivity contribution < 1.29 is 33.4 Å². The molecule has 0 spiro atoms. The Labute approximate surface area is 298 Å². The van der Waals surface area contributed by atoms with Gasteiger partial charge in [-0.25, -0.2) is 9.59 Å². The molecule has 0 aliphatic carbocycles. The van der Waals surface area contributed by atoms with E-state index in [-0.39, 0.29) is 13.0 Å². The van der Waals surface area contributed by atoms with E-state index in [0.29, 0.717) is 12.0 Å². The average Bonchev–Trinajstić information content (AvgIpc) is 2.99. The zero-order valence-corrected chi connectivity index (χ0v) is 31.4. The van der Waals surface area contributed by atoms with Gasteiger partial charge in [0.15, 0.2) is 0 Å². The molecule has 0 heterocycles. The van der Waals surface area contributed by atoms with Crippen LogP contribution in [0, 0.1) is 13.8 Å². The number of nitrogens with one attached hydrogen (secondary N) is 2. The van der Waals surface area contributed by atoms with Crippen molar-refractivity contribution in [3.63, 3.8) is 0 Å². The van der Waals surface area contributed by atoms with Gasteiger partial charge < -0.3 is 30.7 Å². The fraction of sp³-hybridized carbons (Fsp3) is 0.564. The van der Waals surface area contributed by atoms with Crippen LogP contribution in [0.2, 0.25) is 0 Å². The molecule has 3 atom stereocenters. The van der Waals surface area contributed by atoms with Gasteiger partial charge in [-0.05, 0) is 84.1 Å². The zero-order valence-electron chi connectivity index (χ0n) is 31.4. The molecule has 276 valence electrons. The van der Waals surface area contributed by atoms with Gasteiger partial charge in [-0.1, -0.05) is 81.1 Å². The number of nitrogens with two attached hydrogens (primary N) is 1. The molecule has 4 N–H and O–H groups in total. The molecule has 0 aromatic heterocycles. The quantitative estimate of drug-likeness (QED) is 0.136. The maximum atomic E-state index is 14.7. The standard InChI is InChI=1S/C39H58N4O7/c1-10-11-12-13-17-23-43(35(46)30(25-32(40)44)42-37(48)50-39(7,8)9)33(29-22-18-19-26(2)27(29)3)34(45)41-31(36(47)49-38(4,5)6)24-28-20-15-14-16-21-28/h14-16,18-22,30-31,33H,10-13,17,23-25H2,1-9H3,(H2,40,44)(H,41,45)(H,42,48). The van der Waals surface area contributed by atoms with Crippen LogP contribution in [0.3, 0.4) is 0 Å². The first-order valence-electron chi connectivity index (χ1n) is 17.5. The van der Waals surface area contributed by atoms with Crippen molar-refractivity contribution in [1.82, 2.24) is 15.5 Å². The third-order valence-electron chi connectivity index (χ3n) is 7.97. The molecule has 0 radical (unpaired) electrons. The molecular formula is C39H58N4O7. The summed E-state index contributed by atoms with van der Waals surface area (Å²) in [5.41, 5.74) is 6.89. The summed E-state index contributed by atoms with van der Waals surface area (Å²) in [6.07, 6.45) is 3.03. The second-order valence-corrected chi connectivity index (χ2v) is 14.8. The fourth-order valence-electron chi connectivity index (χ4n) is 5.49. The van der Waals surface area contributed by atoms with Crippen molar-refractivity contribution in [3.8, 4) is 0 Å². The Hall–Kier alpha value is -4.41. The van der Waals surface area contributed by atoms with Crippen molar-refractivity contribution in [2.75, 3.05) is 6.54 Å². The Morgan fingerprint density at radius 3 is 1.98 bits per heavy atom. The fourth-order valence-corrected chi connectivity index (χ4v) is 5.49. The first-order valence-corrected chi connectivity index (χ1v) is 17.5. The number of aryl methyl sites for hydroxylation is 1. The van der Waals surface area contributed by atoms with Gasteiger partial charge in [-0.2, -0.15) is 0 Å². The zero-order chi connectivity index (χ0) is 37.6. The Morgan fingerprint density at radius 2 is 1.40 bits per heavy atom. The van der Waals surface area contributed by atoms with Gasteiger partial charge >= 0.3 is 12.1 Å². The highest BCUT2D eigenvalue weighted by molar-refractivity contribution is 5.96. The summed E-state index contributed by atoms with van der Waals surface area (Å²) >= 11 is 0. The van der Waals surface area contributed by atoms with Crippen LogP contribution in [0.1, 0.15) is 115 Å². The first-order chi connectivity index (χ1) is 23.3. The minimum absolute atomic E-state index is 0.134. The highest BCUT2D eigenvalue weighted by Crippen LogP contribution is 2.29. The second kappa shape index (κ2) is 19.1. The molecular weight excluding hydrogens is 636 g/mol. The van der Waals surface area contributed by atoms with E-state index in [9.17, 15) is 24.0 Å². The van der Waals surface area contributed by atoms with E-state index >= 15 is 0 Å². The molecule has 0 bridgehead atoms. The number of primary amides is 1. The van der Waals surface area contributed by atoms with E-state index < -0.39 is 65.5 Å². The summed E-state index contributed by atoms with van der Waals surface area (Å²) in [5, 5.41) is 5.45. The summed E-state index contributed by atoms with van der Waals surface area (Å²) < 4.78 is 11.1. The lowest BCUT2D eigenvalue weighted by Crippen LogP contribution is -2.56. The SMILES string of the molecule is CCCCCCCN(C(=O)C(CC(N)=O)NC(=O)OC(C)(C)C)C(C(=O)NC(Cc1ccccc1)C(=O)OC(C)(C)C)c1cccc(C)c1C. The number of amides is 4. The van der Waals surface area contributed by atoms with Crippen LogP contribution in [-0.4, -0.2) is 64.5 Å². The van der Waals surface area contributed by atoms with E-state index in [1.54, 1.807) is 53.7 Å². The van der Waals surface area contributed by atoms with Gasteiger partial charge in [0.2, 0.25) is 17.7 Å². The number of benzene rings is 2. The number of ether oxygens (including phenoxy) is 2.